The van der Waals surface area contributed by atoms with Gasteiger partial charge in [0.15, 0.2) is 17.1 Å². The van der Waals surface area contributed by atoms with Crippen LogP contribution in [0, 0.1) is 0 Å². The van der Waals surface area contributed by atoms with Crippen LogP contribution in [-0.2, 0) is 0 Å². The molecule has 0 amide bonds. The molecule has 1 aromatic carbocycles. The number of thiazole rings is 1. The predicted octanol–water partition coefficient (Wildman–Crippen LogP) is 2.02. The lowest BCUT2D eigenvalue weighted by atomic mass is 10.3. The second kappa shape index (κ2) is 2.20. The predicted molar refractivity (Wildman–Crippen MR) is 51.6 cm³/mol. The molecule has 0 saturated heterocycles. The Morgan fingerprint density at radius 1 is 1.31 bits per heavy atom. The Kier molecular flexibility index (Phi) is 1.16. The molecule has 0 aliphatic rings. The molecule has 2 aromatic heterocycles. The minimum atomic E-state index is 0.555. The van der Waals surface area contributed by atoms with E-state index in [-0.39, 0.29) is 0 Å². The van der Waals surface area contributed by atoms with Crippen LogP contribution in [0.15, 0.2) is 22.9 Å². The standard InChI is InChI=1S/C8H5N3OS/c9-8-11-5-2-1-4-6(7(5)13-8)12-3-10-4/h1-3H,(H2,9,11). The van der Waals surface area contributed by atoms with Gasteiger partial charge in [0.05, 0.1) is 5.52 Å². The Labute approximate surface area is 77.0 Å². The topological polar surface area (TPSA) is 64.9 Å². The number of aromatic nitrogens is 2. The van der Waals surface area contributed by atoms with Crippen LogP contribution in [0.5, 0.6) is 0 Å². The monoisotopic (exact) mass is 191 g/mol. The van der Waals surface area contributed by atoms with Gasteiger partial charge in [0.25, 0.3) is 0 Å². The van der Waals surface area contributed by atoms with E-state index in [9.17, 15) is 0 Å². The van der Waals surface area contributed by atoms with Crippen LogP contribution in [0.1, 0.15) is 0 Å². The van der Waals surface area contributed by atoms with Gasteiger partial charge in [-0.2, -0.15) is 0 Å². The van der Waals surface area contributed by atoms with Crippen molar-refractivity contribution in [3.8, 4) is 0 Å². The zero-order valence-electron chi connectivity index (χ0n) is 6.52. The molecule has 2 heterocycles. The minimum absolute atomic E-state index is 0.555. The number of hydrogen-bond donors (Lipinski definition) is 1. The van der Waals surface area contributed by atoms with Gasteiger partial charge in [-0.25, -0.2) is 9.97 Å². The van der Waals surface area contributed by atoms with Gasteiger partial charge >= 0.3 is 0 Å². The highest BCUT2D eigenvalue weighted by Crippen LogP contribution is 2.30. The molecule has 0 bridgehead atoms. The second-order valence-corrected chi connectivity index (χ2v) is 3.70. The molecule has 4 nitrogen and oxygen atoms in total. The third-order valence-corrected chi connectivity index (χ3v) is 2.77. The molecule has 64 valence electrons. The van der Waals surface area contributed by atoms with Gasteiger partial charge in [-0.3, -0.25) is 0 Å². The Bertz CT molecular complexity index is 583. The van der Waals surface area contributed by atoms with Crippen molar-refractivity contribution in [1.82, 2.24) is 9.97 Å². The van der Waals surface area contributed by atoms with Crippen molar-refractivity contribution < 1.29 is 4.42 Å². The highest BCUT2D eigenvalue weighted by molar-refractivity contribution is 7.22. The fourth-order valence-corrected chi connectivity index (χ4v) is 2.14. The van der Waals surface area contributed by atoms with Crippen LogP contribution < -0.4 is 5.73 Å². The molecule has 3 rings (SSSR count). The average Bonchev–Trinajstić information content (AvgIpc) is 2.65. The number of anilines is 1. The van der Waals surface area contributed by atoms with Crippen molar-refractivity contribution in [2.45, 2.75) is 0 Å². The van der Waals surface area contributed by atoms with E-state index >= 15 is 0 Å². The van der Waals surface area contributed by atoms with Crippen molar-refractivity contribution in [1.29, 1.82) is 0 Å². The van der Waals surface area contributed by atoms with Crippen LogP contribution >= 0.6 is 11.3 Å². The van der Waals surface area contributed by atoms with E-state index in [0.29, 0.717) is 5.13 Å². The van der Waals surface area contributed by atoms with E-state index in [4.69, 9.17) is 10.2 Å². The van der Waals surface area contributed by atoms with E-state index in [1.165, 1.54) is 17.7 Å². The quantitative estimate of drug-likeness (QED) is 0.590. The summed E-state index contributed by atoms with van der Waals surface area (Å²) < 4.78 is 6.21. The number of nitrogen functional groups attached to an aromatic ring is 1. The van der Waals surface area contributed by atoms with Crippen LogP contribution in [0.4, 0.5) is 5.13 Å². The third-order valence-electron chi connectivity index (χ3n) is 1.87. The maximum atomic E-state index is 5.60. The maximum Gasteiger partial charge on any atom is 0.182 e. The van der Waals surface area contributed by atoms with E-state index < -0.39 is 0 Å². The Hall–Kier alpha value is -1.62. The largest absolute Gasteiger partial charge is 0.442 e. The fraction of sp³-hybridized carbons (Fsp3) is 0. The van der Waals surface area contributed by atoms with E-state index in [1.54, 1.807) is 0 Å². The van der Waals surface area contributed by atoms with Gasteiger partial charge in [0.1, 0.15) is 10.2 Å². The van der Waals surface area contributed by atoms with E-state index in [1.807, 2.05) is 12.1 Å². The number of benzene rings is 1. The molecule has 0 aliphatic carbocycles. The SMILES string of the molecule is Nc1nc2ccc3ncoc3c2s1. The molecule has 0 radical (unpaired) electrons. The molecular weight excluding hydrogens is 186 g/mol. The Balaban J connectivity index is 2.64. The van der Waals surface area contributed by atoms with Crippen molar-refractivity contribution in [2.75, 3.05) is 5.73 Å². The molecule has 0 saturated carbocycles. The molecule has 0 aliphatic heterocycles. The third kappa shape index (κ3) is 0.844. The summed E-state index contributed by atoms with van der Waals surface area (Å²) in [4.78, 5) is 8.20. The molecule has 0 atom stereocenters. The minimum Gasteiger partial charge on any atom is -0.442 e. The average molecular weight is 191 g/mol. The molecule has 3 aromatic rings. The summed E-state index contributed by atoms with van der Waals surface area (Å²) in [6, 6.07) is 3.77. The van der Waals surface area contributed by atoms with Gasteiger partial charge in [-0.1, -0.05) is 11.3 Å². The molecule has 5 heteroatoms. The van der Waals surface area contributed by atoms with Gasteiger partial charge < -0.3 is 10.2 Å². The molecule has 13 heavy (non-hydrogen) atoms. The Morgan fingerprint density at radius 2 is 2.15 bits per heavy atom. The van der Waals surface area contributed by atoms with Crippen molar-refractivity contribution in [3.05, 3.63) is 18.5 Å². The fourth-order valence-electron chi connectivity index (χ4n) is 1.33. The first-order valence-corrected chi connectivity index (χ1v) is 4.54. The smallest absolute Gasteiger partial charge is 0.182 e. The summed E-state index contributed by atoms with van der Waals surface area (Å²) in [5, 5.41) is 0.555. The number of fused-ring (bicyclic) bond motifs is 3. The lowest BCUT2D eigenvalue weighted by Gasteiger charge is -1.86. The van der Waals surface area contributed by atoms with Crippen LogP contribution in [-0.4, -0.2) is 9.97 Å². The first kappa shape index (κ1) is 6.85. The lowest BCUT2D eigenvalue weighted by molar-refractivity contribution is 0.605. The number of hydrogen-bond acceptors (Lipinski definition) is 5. The summed E-state index contributed by atoms with van der Waals surface area (Å²) >= 11 is 1.42. The molecule has 2 N–H and O–H groups in total. The van der Waals surface area contributed by atoms with E-state index in [2.05, 4.69) is 9.97 Å². The van der Waals surface area contributed by atoms with E-state index in [0.717, 1.165) is 21.3 Å². The molecular formula is C8H5N3OS. The number of nitrogens with zero attached hydrogens (tertiary/aromatic N) is 2. The highest BCUT2D eigenvalue weighted by Gasteiger charge is 2.08. The van der Waals surface area contributed by atoms with Crippen molar-refractivity contribution in [3.63, 3.8) is 0 Å². The van der Waals surface area contributed by atoms with Crippen molar-refractivity contribution >= 4 is 37.8 Å². The molecule has 0 spiro atoms. The van der Waals surface area contributed by atoms with Crippen LogP contribution in [0.2, 0.25) is 0 Å². The highest BCUT2D eigenvalue weighted by atomic mass is 32.1. The summed E-state index contributed by atoms with van der Waals surface area (Å²) in [5.74, 6) is 0. The first-order chi connectivity index (χ1) is 6.34. The van der Waals surface area contributed by atoms with Gasteiger partial charge in [-0.15, -0.1) is 0 Å². The lowest BCUT2D eigenvalue weighted by Crippen LogP contribution is -1.78. The maximum absolute atomic E-state index is 5.60. The normalized spacial score (nSPS) is 11.4. The number of rotatable bonds is 0. The number of nitrogens with two attached hydrogens (primary N) is 1. The second-order valence-electron chi connectivity index (χ2n) is 2.67. The van der Waals surface area contributed by atoms with Crippen molar-refractivity contribution in [2.24, 2.45) is 0 Å². The summed E-state index contributed by atoms with van der Waals surface area (Å²) in [5.41, 5.74) is 8.08. The van der Waals surface area contributed by atoms with Crippen LogP contribution in [0.25, 0.3) is 21.3 Å². The summed E-state index contributed by atoms with van der Waals surface area (Å²) in [6.45, 7) is 0. The zero-order chi connectivity index (χ0) is 8.84. The van der Waals surface area contributed by atoms with Gasteiger partial charge in [0, 0.05) is 0 Å². The Morgan fingerprint density at radius 3 is 3.08 bits per heavy atom. The van der Waals surface area contributed by atoms with Crippen LogP contribution in [0.3, 0.4) is 0 Å². The van der Waals surface area contributed by atoms with Gasteiger partial charge in [-0.05, 0) is 12.1 Å². The number of oxazole rings is 1. The zero-order valence-corrected chi connectivity index (χ0v) is 7.34. The molecule has 0 fully saturated rings. The summed E-state index contributed by atoms with van der Waals surface area (Å²) in [6.07, 6.45) is 1.43. The molecule has 0 unspecified atom stereocenters. The first-order valence-electron chi connectivity index (χ1n) is 3.73. The summed E-state index contributed by atoms with van der Waals surface area (Å²) in [7, 11) is 0. The van der Waals surface area contributed by atoms with Gasteiger partial charge in [0.2, 0.25) is 0 Å².